The van der Waals surface area contributed by atoms with Gasteiger partial charge in [0.25, 0.3) is 0 Å². The Kier molecular flexibility index (Phi) is 10.2. The van der Waals surface area contributed by atoms with Gasteiger partial charge in [0.1, 0.15) is 23.3 Å². The Morgan fingerprint density at radius 2 is 1.58 bits per heavy atom. The van der Waals surface area contributed by atoms with Crippen molar-refractivity contribution in [2.24, 2.45) is 11.8 Å². The van der Waals surface area contributed by atoms with Gasteiger partial charge in [-0.1, -0.05) is 27.7 Å². The van der Waals surface area contributed by atoms with Crippen LogP contribution in [0.3, 0.4) is 0 Å². The molecule has 4 atom stereocenters. The smallest absolute Gasteiger partial charge is 0.408 e. The van der Waals surface area contributed by atoms with Crippen molar-refractivity contribution in [2.75, 3.05) is 6.61 Å². The summed E-state index contributed by atoms with van der Waals surface area (Å²) < 4.78 is 17.8. The molecule has 0 bridgehead atoms. The number of carbonyl (C=O) groups excluding carboxylic acids is 3. The number of hydrogen-bond acceptors (Lipinski definition) is 6. The van der Waals surface area contributed by atoms with Crippen LogP contribution in [0.2, 0.25) is 18.1 Å². The van der Waals surface area contributed by atoms with Crippen LogP contribution >= 0.6 is 0 Å². The standard InChI is InChI=1S/C29H54N2O6Si/c1-19(2)29(9,10)38(11,12)35-17-16-20-18-23(25(33)36-27(3,4)5)31-22(20)15-13-14-21(24(31)32)30-26(34)37-28(6,7)8/h19-23H,13-18H2,1-12H3,(H,30,34)/t20-,21-,22+,23-/m0/s1. The van der Waals surface area contributed by atoms with Gasteiger partial charge in [-0.05, 0) is 104 Å². The van der Waals surface area contributed by atoms with E-state index in [0.29, 0.717) is 25.4 Å². The lowest BCUT2D eigenvalue weighted by Crippen LogP contribution is -2.54. The third-order valence-corrected chi connectivity index (χ3v) is 13.2. The summed E-state index contributed by atoms with van der Waals surface area (Å²) in [6.45, 7) is 25.1. The molecular weight excluding hydrogens is 500 g/mol. The molecule has 2 aliphatic heterocycles. The topological polar surface area (TPSA) is 94.2 Å². The zero-order valence-electron chi connectivity index (χ0n) is 26.0. The molecule has 9 heteroatoms. The molecule has 2 heterocycles. The lowest BCUT2D eigenvalue weighted by atomic mass is 9.92. The van der Waals surface area contributed by atoms with Gasteiger partial charge in [-0.2, -0.15) is 0 Å². The fourth-order valence-electron chi connectivity index (χ4n) is 5.36. The number of nitrogens with one attached hydrogen (secondary N) is 1. The van der Waals surface area contributed by atoms with Gasteiger partial charge in [-0.15, -0.1) is 0 Å². The van der Waals surface area contributed by atoms with Gasteiger partial charge < -0.3 is 24.1 Å². The third-order valence-electron chi connectivity index (χ3n) is 8.62. The van der Waals surface area contributed by atoms with Crippen LogP contribution in [0, 0.1) is 11.8 Å². The third kappa shape index (κ3) is 8.20. The van der Waals surface area contributed by atoms with Crippen molar-refractivity contribution in [1.82, 2.24) is 10.2 Å². The van der Waals surface area contributed by atoms with Crippen molar-refractivity contribution in [1.29, 1.82) is 0 Å². The summed E-state index contributed by atoms with van der Waals surface area (Å²) in [4.78, 5) is 41.4. The second-order valence-corrected chi connectivity index (χ2v) is 19.1. The summed E-state index contributed by atoms with van der Waals surface area (Å²) in [6, 6.07) is -1.49. The minimum Gasteiger partial charge on any atom is -0.458 e. The highest BCUT2D eigenvalue weighted by molar-refractivity contribution is 6.74. The first-order valence-electron chi connectivity index (χ1n) is 14.3. The lowest BCUT2D eigenvalue weighted by Gasteiger charge is -2.42. The van der Waals surface area contributed by atoms with E-state index in [4.69, 9.17) is 13.9 Å². The first-order chi connectivity index (χ1) is 17.2. The molecule has 2 fully saturated rings. The zero-order valence-corrected chi connectivity index (χ0v) is 27.0. The van der Waals surface area contributed by atoms with Crippen LogP contribution in [0.1, 0.15) is 101 Å². The van der Waals surface area contributed by atoms with E-state index in [9.17, 15) is 14.4 Å². The minimum atomic E-state index is -1.99. The Morgan fingerprint density at radius 3 is 2.11 bits per heavy atom. The molecule has 38 heavy (non-hydrogen) atoms. The molecule has 0 spiro atoms. The van der Waals surface area contributed by atoms with Crippen LogP contribution in [0.15, 0.2) is 0 Å². The molecule has 0 aromatic carbocycles. The molecule has 2 rings (SSSR count). The summed E-state index contributed by atoms with van der Waals surface area (Å²) in [5.41, 5.74) is -1.33. The highest BCUT2D eigenvalue weighted by Crippen LogP contribution is 2.45. The Balaban J connectivity index is 2.24. The molecule has 8 nitrogen and oxygen atoms in total. The van der Waals surface area contributed by atoms with Gasteiger partial charge in [-0.25, -0.2) is 9.59 Å². The van der Waals surface area contributed by atoms with Crippen molar-refractivity contribution in [3.63, 3.8) is 0 Å². The van der Waals surface area contributed by atoms with Gasteiger partial charge in [0, 0.05) is 12.6 Å². The number of ether oxygens (including phenoxy) is 2. The Morgan fingerprint density at radius 1 is 1.00 bits per heavy atom. The van der Waals surface area contributed by atoms with Gasteiger partial charge >= 0.3 is 12.1 Å². The molecule has 0 aromatic rings. The predicted molar refractivity (Wildman–Crippen MR) is 152 cm³/mol. The van der Waals surface area contributed by atoms with Crippen LogP contribution < -0.4 is 5.32 Å². The normalized spacial score (nSPS) is 25.2. The second-order valence-electron chi connectivity index (χ2n) is 14.5. The number of nitrogens with zero attached hydrogens (tertiary/aromatic N) is 1. The van der Waals surface area contributed by atoms with E-state index in [-0.39, 0.29) is 28.9 Å². The predicted octanol–water partition coefficient (Wildman–Crippen LogP) is 6.04. The number of esters is 1. The summed E-state index contributed by atoms with van der Waals surface area (Å²) in [7, 11) is -1.99. The average Bonchev–Trinajstić information content (AvgIpc) is 3.00. The molecule has 2 amide bonds. The van der Waals surface area contributed by atoms with E-state index in [1.54, 1.807) is 25.7 Å². The second kappa shape index (κ2) is 11.9. The van der Waals surface area contributed by atoms with E-state index in [2.05, 4.69) is 46.1 Å². The summed E-state index contributed by atoms with van der Waals surface area (Å²) in [5, 5.41) is 2.88. The highest BCUT2D eigenvalue weighted by Gasteiger charge is 2.51. The zero-order chi connectivity index (χ0) is 29.3. The minimum absolute atomic E-state index is 0.0862. The first kappa shape index (κ1) is 32.6. The summed E-state index contributed by atoms with van der Waals surface area (Å²) in [5.74, 6) is 0.0291. The Labute approximate surface area is 232 Å². The molecular formula is C29H54N2O6Si. The molecule has 220 valence electrons. The Hall–Kier alpha value is -1.61. The molecule has 2 saturated heterocycles. The number of amides is 2. The van der Waals surface area contributed by atoms with Gasteiger partial charge in [-0.3, -0.25) is 4.79 Å². The van der Waals surface area contributed by atoms with E-state index >= 15 is 0 Å². The van der Waals surface area contributed by atoms with E-state index in [1.165, 1.54) is 0 Å². The first-order valence-corrected chi connectivity index (χ1v) is 17.3. The van der Waals surface area contributed by atoms with Gasteiger partial charge in [0.2, 0.25) is 5.91 Å². The molecule has 0 saturated carbocycles. The van der Waals surface area contributed by atoms with E-state index in [0.717, 1.165) is 19.3 Å². The lowest BCUT2D eigenvalue weighted by molar-refractivity contribution is -0.164. The quantitative estimate of drug-likeness (QED) is 0.290. The number of rotatable bonds is 8. The maximum Gasteiger partial charge on any atom is 0.408 e. The van der Waals surface area contributed by atoms with Crippen LogP contribution in [0.4, 0.5) is 4.79 Å². The van der Waals surface area contributed by atoms with Crippen LogP contribution in [0.5, 0.6) is 0 Å². The largest absolute Gasteiger partial charge is 0.458 e. The van der Waals surface area contributed by atoms with Crippen molar-refractivity contribution in [2.45, 2.75) is 149 Å². The van der Waals surface area contributed by atoms with E-state index < -0.39 is 37.7 Å². The van der Waals surface area contributed by atoms with Crippen molar-refractivity contribution >= 4 is 26.3 Å². The summed E-state index contributed by atoms with van der Waals surface area (Å²) >= 11 is 0. The van der Waals surface area contributed by atoms with Gasteiger partial charge in [0.05, 0.1) is 0 Å². The van der Waals surface area contributed by atoms with Crippen LogP contribution in [-0.2, 0) is 23.5 Å². The monoisotopic (exact) mass is 554 g/mol. The van der Waals surface area contributed by atoms with Crippen molar-refractivity contribution in [3.05, 3.63) is 0 Å². The molecule has 0 radical (unpaired) electrons. The molecule has 0 aromatic heterocycles. The average molecular weight is 555 g/mol. The molecule has 1 N–H and O–H groups in total. The molecule has 0 unspecified atom stereocenters. The Bertz CT molecular complexity index is 858. The van der Waals surface area contributed by atoms with Gasteiger partial charge in [0.15, 0.2) is 8.32 Å². The summed E-state index contributed by atoms with van der Waals surface area (Å²) in [6.07, 6.45) is 2.77. The maximum absolute atomic E-state index is 13.8. The van der Waals surface area contributed by atoms with Crippen LogP contribution in [-0.4, -0.2) is 67.1 Å². The number of hydrogen-bond donors (Lipinski definition) is 1. The number of fused-ring (bicyclic) bond motifs is 1. The fraction of sp³-hybridized carbons (Fsp3) is 0.897. The van der Waals surface area contributed by atoms with Crippen molar-refractivity contribution < 1.29 is 28.3 Å². The van der Waals surface area contributed by atoms with Crippen molar-refractivity contribution in [3.8, 4) is 0 Å². The number of carbonyl (C=O) groups is 3. The molecule has 2 aliphatic rings. The van der Waals surface area contributed by atoms with Crippen LogP contribution in [0.25, 0.3) is 0 Å². The fourth-order valence-corrected chi connectivity index (χ4v) is 7.75. The highest BCUT2D eigenvalue weighted by atomic mass is 28.4. The number of alkyl carbamates (subject to hydrolysis) is 1. The SMILES string of the molecule is CC(C)C(C)(C)[Si](C)(C)OCC[C@H]1C[C@@H](C(=O)OC(C)(C)C)N2C(=O)[C@@H](NC(=O)OC(C)(C)C)CCC[C@H]12. The maximum atomic E-state index is 13.8. The molecule has 0 aliphatic carbocycles. The van der Waals surface area contributed by atoms with E-state index in [1.807, 2.05) is 20.8 Å².